The molecule has 0 heterocycles. The first-order chi connectivity index (χ1) is 17.8. The summed E-state index contributed by atoms with van der Waals surface area (Å²) in [5.74, 6) is 2.32. The minimum Gasteiger partial charge on any atom is -0.494 e. The molecular formula is C29H38F3NO4. The quantitative estimate of drug-likeness (QED) is 0.0973. The Morgan fingerprint density at radius 1 is 0.811 bits per heavy atom. The van der Waals surface area contributed by atoms with E-state index in [2.05, 4.69) is 9.99 Å². The van der Waals surface area contributed by atoms with Gasteiger partial charge in [0.2, 0.25) is 0 Å². The lowest BCUT2D eigenvalue weighted by Gasteiger charge is -2.14. The molecule has 0 amide bonds. The summed E-state index contributed by atoms with van der Waals surface area (Å²) in [6.07, 6.45) is 5.57. The molecule has 0 unspecified atom stereocenters. The fraction of sp³-hybridized carbons (Fsp3) is 0.483. The van der Waals surface area contributed by atoms with E-state index in [1.165, 1.54) is 24.3 Å². The topological polar surface area (TPSA) is 49.3 Å². The SMILES string of the molecule is C/C=C/COc1cc(C)c(OCCCCCCCCOc2ccc(/C(=N/OC)C(F)(F)F)cc2)c(C)c1. The van der Waals surface area contributed by atoms with Gasteiger partial charge in [-0.3, -0.25) is 0 Å². The summed E-state index contributed by atoms with van der Waals surface area (Å²) in [5.41, 5.74) is 1.02. The lowest BCUT2D eigenvalue weighted by atomic mass is 10.1. The fourth-order valence-corrected chi connectivity index (χ4v) is 3.81. The minimum atomic E-state index is -4.59. The smallest absolute Gasteiger partial charge is 0.437 e. The molecule has 0 atom stereocenters. The van der Waals surface area contributed by atoms with Crippen molar-refractivity contribution in [2.24, 2.45) is 5.16 Å². The van der Waals surface area contributed by atoms with Crippen LogP contribution in [-0.2, 0) is 4.84 Å². The maximum absolute atomic E-state index is 13.0. The standard InChI is InChI=1S/C29H38F3NO4/c1-5-6-17-36-26-20-22(2)27(23(3)21-26)37-19-12-10-8-7-9-11-18-35-25-15-13-24(14-16-25)28(33-34-4)29(30,31)32/h5-6,13-16,20-21H,7-12,17-19H2,1-4H3/b6-5+,33-28-. The van der Waals surface area contributed by atoms with Crippen molar-refractivity contribution < 1.29 is 32.2 Å². The number of nitrogens with zero attached hydrogens (tertiary/aromatic N) is 1. The summed E-state index contributed by atoms with van der Waals surface area (Å²) in [6.45, 7) is 7.81. The first-order valence-corrected chi connectivity index (χ1v) is 12.7. The summed E-state index contributed by atoms with van der Waals surface area (Å²) >= 11 is 0. The van der Waals surface area contributed by atoms with Crippen molar-refractivity contribution in [3.05, 3.63) is 65.2 Å². The third-order valence-corrected chi connectivity index (χ3v) is 5.65. The first-order valence-electron chi connectivity index (χ1n) is 12.7. The van der Waals surface area contributed by atoms with Crippen LogP contribution >= 0.6 is 0 Å². The Kier molecular flexibility index (Phi) is 12.9. The number of hydrogen-bond donors (Lipinski definition) is 0. The zero-order chi connectivity index (χ0) is 27.1. The largest absolute Gasteiger partial charge is 0.494 e. The van der Waals surface area contributed by atoms with Crippen LogP contribution in [-0.4, -0.2) is 38.8 Å². The van der Waals surface area contributed by atoms with Crippen molar-refractivity contribution in [3.63, 3.8) is 0 Å². The monoisotopic (exact) mass is 521 g/mol. The van der Waals surface area contributed by atoms with E-state index < -0.39 is 11.9 Å². The van der Waals surface area contributed by atoms with Crippen LogP contribution in [0.2, 0.25) is 0 Å². The van der Waals surface area contributed by atoms with Crippen LogP contribution in [0.4, 0.5) is 13.2 Å². The molecule has 0 aromatic heterocycles. The summed E-state index contributed by atoms with van der Waals surface area (Å²) in [5, 5.41) is 3.09. The number of ether oxygens (including phenoxy) is 3. The Balaban J connectivity index is 1.59. The van der Waals surface area contributed by atoms with Gasteiger partial charge in [0.25, 0.3) is 0 Å². The van der Waals surface area contributed by atoms with Gasteiger partial charge in [0.05, 0.1) is 13.2 Å². The van der Waals surface area contributed by atoms with Crippen molar-refractivity contribution in [1.82, 2.24) is 0 Å². The molecule has 0 radical (unpaired) electrons. The highest BCUT2D eigenvalue weighted by Crippen LogP contribution is 2.29. The number of benzene rings is 2. The summed E-state index contributed by atoms with van der Waals surface area (Å²) in [4.78, 5) is 4.32. The molecule has 0 spiro atoms. The second kappa shape index (κ2) is 15.8. The van der Waals surface area contributed by atoms with Crippen LogP contribution in [0.15, 0.2) is 53.7 Å². The number of unbranched alkanes of at least 4 members (excludes halogenated alkanes) is 5. The lowest BCUT2D eigenvalue weighted by molar-refractivity contribution is -0.0608. The van der Waals surface area contributed by atoms with Crippen LogP contribution in [0, 0.1) is 13.8 Å². The highest BCUT2D eigenvalue weighted by molar-refractivity contribution is 6.04. The molecule has 8 heteroatoms. The average Bonchev–Trinajstić information content (AvgIpc) is 2.85. The number of rotatable bonds is 16. The first kappa shape index (κ1) is 30.1. The molecule has 0 aliphatic carbocycles. The van der Waals surface area contributed by atoms with Crippen LogP contribution in [0.3, 0.4) is 0 Å². The van der Waals surface area contributed by atoms with E-state index in [9.17, 15) is 13.2 Å². The molecule has 2 rings (SSSR count). The van der Waals surface area contributed by atoms with Gasteiger partial charge >= 0.3 is 6.18 Å². The second-order valence-corrected chi connectivity index (χ2v) is 8.73. The zero-order valence-electron chi connectivity index (χ0n) is 22.2. The van der Waals surface area contributed by atoms with Crippen molar-refractivity contribution in [2.75, 3.05) is 26.9 Å². The van der Waals surface area contributed by atoms with Crippen LogP contribution in [0.5, 0.6) is 17.2 Å². The molecule has 2 aromatic rings. The Morgan fingerprint density at radius 2 is 1.38 bits per heavy atom. The maximum Gasteiger partial charge on any atom is 0.437 e. The van der Waals surface area contributed by atoms with Crippen LogP contribution < -0.4 is 14.2 Å². The third kappa shape index (κ3) is 10.8. The predicted octanol–water partition coefficient (Wildman–Crippen LogP) is 7.97. The van der Waals surface area contributed by atoms with E-state index in [-0.39, 0.29) is 5.56 Å². The van der Waals surface area contributed by atoms with Gasteiger partial charge in [0.15, 0.2) is 5.71 Å². The Bertz CT molecular complexity index is 978. The molecule has 0 aliphatic heterocycles. The van der Waals surface area contributed by atoms with Gasteiger partial charge in [0.1, 0.15) is 31.0 Å². The molecular weight excluding hydrogens is 483 g/mol. The molecule has 0 saturated heterocycles. The number of allylic oxidation sites excluding steroid dienone is 1. The highest BCUT2D eigenvalue weighted by atomic mass is 19.4. The van der Waals surface area contributed by atoms with Gasteiger partial charge in [-0.15, -0.1) is 0 Å². The Morgan fingerprint density at radius 3 is 1.92 bits per heavy atom. The predicted molar refractivity (Wildman–Crippen MR) is 141 cm³/mol. The summed E-state index contributed by atoms with van der Waals surface area (Å²) in [7, 11) is 1.09. The molecule has 37 heavy (non-hydrogen) atoms. The third-order valence-electron chi connectivity index (χ3n) is 5.65. The van der Waals surface area contributed by atoms with Crippen molar-refractivity contribution in [2.45, 2.75) is 65.5 Å². The van der Waals surface area contributed by atoms with Crippen molar-refractivity contribution >= 4 is 5.71 Å². The normalized spacial score (nSPS) is 12.1. The van der Waals surface area contributed by atoms with Gasteiger partial charge in [-0.2, -0.15) is 13.2 Å². The maximum atomic E-state index is 13.0. The van der Waals surface area contributed by atoms with E-state index in [0.717, 1.165) is 68.3 Å². The molecule has 5 nitrogen and oxygen atoms in total. The Hall–Kier alpha value is -3.16. The van der Waals surface area contributed by atoms with E-state index in [1.54, 1.807) is 0 Å². The van der Waals surface area contributed by atoms with Crippen LogP contribution in [0.25, 0.3) is 0 Å². The number of halogens is 3. The molecule has 0 saturated carbocycles. The minimum absolute atomic E-state index is 0.0675. The van der Waals surface area contributed by atoms with Gasteiger partial charge < -0.3 is 19.0 Å². The van der Waals surface area contributed by atoms with Crippen molar-refractivity contribution in [3.8, 4) is 17.2 Å². The summed E-state index contributed by atoms with van der Waals surface area (Å²) in [6, 6.07) is 9.72. The number of alkyl halides is 3. The van der Waals surface area contributed by atoms with E-state index in [0.29, 0.717) is 25.6 Å². The highest BCUT2D eigenvalue weighted by Gasteiger charge is 2.37. The summed E-state index contributed by atoms with van der Waals surface area (Å²) < 4.78 is 56.5. The van der Waals surface area contributed by atoms with Crippen molar-refractivity contribution in [1.29, 1.82) is 0 Å². The molecule has 0 fully saturated rings. The number of hydrogen-bond acceptors (Lipinski definition) is 5. The molecule has 0 aliphatic rings. The van der Waals surface area contributed by atoms with Gasteiger partial charge in [-0.1, -0.05) is 43.0 Å². The second-order valence-electron chi connectivity index (χ2n) is 8.73. The Labute approximate surface area is 218 Å². The molecule has 0 bridgehead atoms. The zero-order valence-corrected chi connectivity index (χ0v) is 22.2. The number of aryl methyl sites for hydroxylation is 2. The fourth-order valence-electron chi connectivity index (χ4n) is 3.81. The van der Waals surface area contributed by atoms with Gasteiger partial charge in [0, 0.05) is 5.56 Å². The molecule has 204 valence electrons. The van der Waals surface area contributed by atoms with Crippen LogP contribution in [0.1, 0.15) is 62.1 Å². The molecule has 2 aromatic carbocycles. The molecule has 0 N–H and O–H groups in total. The van der Waals surface area contributed by atoms with Gasteiger partial charge in [-0.25, -0.2) is 0 Å². The van der Waals surface area contributed by atoms with E-state index >= 15 is 0 Å². The average molecular weight is 522 g/mol. The lowest BCUT2D eigenvalue weighted by Crippen LogP contribution is -2.24. The van der Waals surface area contributed by atoms with E-state index in [4.69, 9.17) is 14.2 Å². The number of oxime groups is 1. The van der Waals surface area contributed by atoms with E-state index in [1.807, 2.05) is 45.1 Å². The van der Waals surface area contributed by atoms with Gasteiger partial charge in [-0.05, 0) is 81.1 Å².